The molecule has 6 rings (SSSR count). The molecule has 0 saturated carbocycles. The lowest BCUT2D eigenvalue weighted by Gasteiger charge is -2.46. The quantitative estimate of drug-likeness (QED) is 0.218. The Morgan fingerprint density at radius 1 is 0.795 bits per heavy atom. The largest absolute Gasteiger partial charge is 0.473 e. The highest BCUT2D eigenvalue weighted by Gasteiger charge is 2.48. The molecule has 2 aliphatic rings. The molecule has 1 atom stereocenters. The maximum absolute atomic E-state index is 15.6. The number of benzene rings is 3. The van der Waals surface area contributed by atoms with Gasteiger partial charge in [0.25, 0.3) is 5.92 Å². The molecule has 6 nitrogen and oxygen atoms in total. The number of likely N-dealkylation sites (N-methyl/N-ethyl adjacent to an activating group) is 1. The third-order valence-electron chi connectivity index (χ3n) is 8.42. The molecule has 44 heavy (non-hydrogen) atoms. The van der Waals surface area contributed by atoms with Crippen LogP contribution in [0.5, 0.6) is 11.8 Å². The first kappa shape index (κ1) is 30.0. The second-order valence-electron chi connectivity index (χ2n) is 11.5. The smallest absolute Gasteiger partial charge is 0.280 e. The minimum absolute atomic E-state index is 0.174. The van der Waals surface area contributed by atoms with Crippen LogP contribution in [0.25, 0.3) is 11.1 Å². The molecule has 2 saturated heterocycles. The molecule has 0 N–H and O–H groups in total. The summed E-state index contributed by atoms with van der Waals surface area (Å²) in [6, 6.07) is 26.8. The van der Waals surface area contributed by atoms with Gasteiger partial charge in [0.2, 0.25) is 11.8 Å². The summed E-state index contributed by atoms with van der Waals surface area (Å²) < 4.78 is 58.5. The zero-order valence-electron chi connectivity index (χ0n) is 24.8. The average Bonchev–Trinajstić information content (AvgIpc) is 3.04. The molecule has 0 spiro atoms. The van der Waals surface area contributed by atoms with Gasteiger partial charge >= 0.3 is 0 Å². The lowest BCUT2D eigenvalue weighted by molar-refractivity contribution is -0.0959. The number of hydrogen-bond acceptors (Lipinski definition) is 6. The van der Waals surface area contributed by atoms with Crippen LogP contribution < -0.4 is 14.4 Å². The minimum Gasteiger partial charge on any atom is -0.473 e. The van der Waals surface area contributed by atoms with E-state index in [0.29, 0.717) is 49.1 Å². The van der Waals surface area contributed by atoms with Crippen LogP contribution in [0.15, 0.2) is 91.0 Å². The summed E-state index contributed by atoms with van der Waals surface area (Å²) in [7, 11) is 2.01. The maximum Gasteiger partial charge on any atom is 0.280 e. The van der Waals surface area contributed by atoms with Crippen molar-refractivity contribution in [3.8, 4) is 22.9 Å². The molecule has 4 aromatic rings. The van der Waals surface area contributed by atoms with Crippen LogP contribution in [-0.2, 0) is 13.2 Å². The van der Waals surface area contributed by atoms with Crippen LogP contribution in [0, 0.1) is 5.82 Å². The SMILES string of the molecule is CN1CCN([C@@H]2CCN(c3ccc(-c4ccc(OCc5ccccc5)nc4OCc4ccccc4)cc3F)CC2(F)F)CC1. The summed E-state index contributed by atoms with van der Waals surface area (Å²) in [5, 5.41) is 0. The van der Waals surface area contributed by atoms with E-state index < -0.39 is 24.3 Å². The maximum atomic E-state index is 15.6. The van der Waals surface area contributed by atoms with Gasteiger partial charge in [-0.1, -0.05) is 66.7 Å². The molecule has 0 aliphatic carbocycles. The van der Waals surface area contributed by atoms with Crippen molar-refractivity contribution in [1.82, 2.24) is 14.8 Å². The summed E-state index contributed by atoms with van der Waals surface area (Å²) in [5.41, 5.74) is 3.25. The van der Waals surface area contributed by atoms with Gasteiger partial charge in [-0.3, -0.25) is 4.90 Å². The van der Waals surface area contributed by atoms with Crippen molar-refractivity contribution >= 4 is 5.69 Å². The predicted molar refractivity (Wildman–Crippen MR) is 166 cm³/mol. The Kier molecular flexibility index (Phi) is 9.04. The highest BCUT2D eigenvalue weighted by Crippen LogP contribution is 2.38. The van der Waals surface area contributed by atoms with Crippen LogP contribution in [0.2, 0.25) is 0 Å². The molecule has 0 amide bonds. The third kappa shape index (κ3) is 7.00. The van der Waals surface area contributed by atoms with E-state index in [9.17, 15) is 0 Å². The second kappa shape index (κ2) is 13.3. The Labute approximate surface area is 256 Å². The molecule has 1 aromatic heterocycles. The normalized spacial score (nSPS) is 19.1. The Bertz CT molecular complexity index is 1530. The molecule has 0 bridgehead atoms. The molecular formula is C35H37F3N4O2. The molecule has 230 valence electrons. The lowest BCUT2D eigenvalue weighted by atomic mass is 9.97. The summed E-state index contributed by atoms with van der Waals surface area (Å²) in [6.45, 7) is 3.25. The Morgan fingerprint density at radius 3 is 2.09 bits per heavy atom. The first-order valence-electron chi connectivity index (χ1n) is 15.1. The summed E-state index contributed by atoms with van der Waals surface area (Å²) in [6.07, 6.45) is 0.281. The molecule has 3 aromatic carbocycles. The molecular weight excluding hydrogens is 565 g/mol. The van der Waals surface area contributed by atoms with Crippen molar-refractivity contribution in [3.63, 3.8) is 0 Å². The van der Waals surface area contributed by atoms with Gasteiger partial charge in [0.05, 0.1) is 18.3 Å². The van der Waals surface area contributed by atoms with Gasteiger partial charge in [0.15, 0.2) is 0 Å². The number of alkyl halides is 2. The fraction of sp³-hybridized carbons (Fsp3) is 0.343. The minimum atomic E-state index is -2.95. The van der Waals surface area contributed by atoms with Gasteiger partial charge in [-0.15, -0.1) is 0 Å². The lowest BCUT2D eigenvalue weighted by Crippen LogP contribution is -2.61. The van der Waals surface area contributed by atoms with Gasteiger partial charge in [0.1, 0.15) is 19.0 Å². The second-order valence-corrected chi connectivity index (χ2v) is 11.5. The van der Waals surface area contributed by atoms with Crippen LogP contribution >= 0.6 is 0 Å². The Hall–Kier alpha value is -4.08. The summed E-state index contributed by atoms with van der Waals surface area (Å²) in [4.78, 5) is 10.1. The van der Waals surface area contributed by atoms with Gasteiger partial charge in [0, 0.05) is 44.4 Å². The molecule has 0 unspecified atom stereocenters. The van der Waals surface area contributed by atoms with Crippen LogP contribution in [0.4, 0.5) is 18.9 Å². The zero-order valence-corrected chi connectivity index (χ0v) is 24.8. The number of anilines is 1. The number of halogens is 3. The van der Waals surface area contributed by atoms with E-state index in [1.165, 1.54) is 11.0 Å². The van der Waals surface area contributed by atoms with E-state index in [1.54, 1.807) is 24.3 Å². The van der Waals surface area contributed by atoms with Crippen molar-refractivity contribution < 1.29 is 22.6 Å². The number of rotatable bonds is 9. The number of piperidine rings is 1. The fourth-order valence-corrected chi connectivity index (χ4v) is 5.94. The number of hydrogen-bond donors (Lipinski definition) is 0. The van der Waals surface area contributed by atoms with Crippen LogP contribution in [0.3, 0.4) is 0 Å². The van der Waals surface area contributed by atoms with E-state index >= 15 is 13.2 Å². The van der Waals surface area contributed by atoms with Crippen LogP contribution in [0.1, 0.15) is 17.5 Å². The molecule has 9 heteroatoms. The van der Waals surface area contributed by atoms with Crippen molar-refractivity contribution in [2.75, 3.05) is 51.2 Å². The van der Waals surface area contributed by atoms with Gasteiger partial charge in [-0.2, -0.15) is 4.98 Å². The fourth-order valence-electron chi connectivity index (χ4n) is 5.94. The zero-order chi connectivity index (χ0) is 30.5. The molecule has 0 radical (unpaired) electrons. The number of pyridine rings is 1. The highest BCUT2D eigenvalue weighted by molar-refractivity contribution is 5.71. The number of aromatic nitrogens is 1. The van der Waals surface area contributed by atoms with E-state index in [1.807, 2.05) is 72.6 Å². The topological polar surface area (TPSA) is 41.1 Å². The van der Waals surface area contributed by atoms with E-state index in [2.05, 4.69) is 9.88 Å². The first-order valence-corrected chi connectivity index (χ1v) is 15.1. The third-order valence-corrected chi connectivity index (χ3v) is 8.42. The van der Waals surface area contributed by atoms with Crippen molar-refractivity contribution in [2.45, 2.75) is 31.6 Å². The van der Waals surface area contributed by atoms with E-state index in [4.69, 9.17) is 9.47 Å². The summed E-state index contributed by atoms with van der Waals surface area (Å²) in [5.74, 6) is -2.83. The Morgan fingerprint density at radius 2 is 1.45 bits per heavy atom. The number of nitrogens with zero attached hydrogens (tertiary/aromatic N) is 4. The molecule has 2 fully saturated rings. The Balaban J connectivity index is 1.20. The highest BCUT2D eigenvalue weighted by atomic mass is 19.3. The van der Waals surface area contributed by atoms with E-state index in [0.717, 1.165) is 24.2 Å². The van der Waals surface area contributed by atoms with Gasteiger partial charge in [-0.05, 0) is 48.4 Å². The van der Waals surface area contributed by atoms with Crippen molar-refractivity contribution in [2.24, 2.45) is 0 Å². The first-order chi connectivity index (χ1) is 21.4. The van der Waals surface area contributed by atoms with Crippen molar-refractivity contribution in [3.05, 3.63) is 108 Å². The summed E-state index contributed by atoms with van der Waals surface area (Å²) >= 11 is 0. The molecule has 2 aliphatic heterocycles. The predicted octanol–water partition coefficient (Wildman–Crippen LogP) is 6.51. The van der Waals surface area contributed by atoms with Gasteiger partial charge in [-0.25, -0.2) is 13.2 Å². The number of piperazine rings is 1. The average molecular weight is 603 g/mol. The van der Waals surface area contributed by atoms with E-state index in [-0.39, 0.29) is 18.7 Å². The van der Waals surface area contributed by atoms with Crippen molar-refractivity contribution in [1.29, 1.82) is 0 Å². The van der Waals surface area contributed by atoms with Crippen LogP contribution in [-0.4, -0.2) is 73.1 Å². The number of ether oxygens (including phenoxy) is 2. The van der Waals surface area contributed by atoms with Gasteiger partial charge < -0.3 is 19.3 Å². The molecule has 3 heterocycles. The standard InChI is InChI=1S/C35H37F3N4O2/c1-40-18-20-41(21-19-40)32-16-17-42(25-35(32,37)38)31-14-12-28(22-30(31)36)29-13-15-33(43-23-26-8-4-2-5-9-26)39-34(29)44-24-27-10-6-3-7-11-27/h2-15,22,32H,16-21,23-25H2,1H3/t32-/m1/s1. The monoisotopic (exact) mass is 602 g/mol.